The Labute approximate surface area is 147 Å². The van der Waals surface area contributed by atoms with E-state index >= 15 is 0 Å². The van der Waals surface area contributed by atoms with Gasteiger partial charge in [0.1, 0.15) is 0 Å². The molecule has 2 bridgehead atoms. The summed E-state index contributed by atoms with van der Waals surface area (Å²) in [6, 6.07) is 10.6. The van der Waals surface area contributed by atoms with E-state index in [1.165, 1.54) is 30.1 Å². The van der Waals surface area contributed by atoms with Crippen molar-refractivity contribution in [3.63, 3.8) is 0 Å². The van der Waals surface area contributed by atoms with E-state index in [1.54, 1.807) is 0 Å². The van der Waals surface area contributed by atoms with Crippen LogP contribution < -0.4 is 0 Å². The molecule has 0 amide bonds. The molecule has 3 aliphatic rings. The standard InChI is InChI=1S/C20H27ClOSe/c1-19(2)17-11-12-20(19)15-23(21,22-18(20)14-17)13-7-6-10-16-8-4-3-5-9-16/h3-9,17-18H,10-15H2,1-2H3/b7-6+/t17-,18?,20-/m1/s1. The summed E-state index contributed by atoms with van der Waals surface area (Å²) in [5, 5.41) is 2.15. The van der Waals surface area contributed by atoms with E-state index in [0.717, 1.165) is 17.7 Å². The summed E-state index contributed by atoms with van der Waals surface area (Å²) in [4.78, 5) is 0. The van der Waals surface area contributed by atoms with Crippen LogP contribution in [-0.4, -0.2) is 18.4 Å². The molecular formula is C20H27ClOSe. The summed E-state index contributed by atoms with van der Waals surface area (Å²) in [7, 11) is 7.05. The maximum absolute atomic E-state index is 7.05. The zero-order valence-electron chi connectivity index (χ0n) is 14.1. The van der Waals surface area contributed by atoms with E-state index in [-0.39, 0.29) is 0 Å². The third-order valence-electron chi connectivity index (χ3n) is 6.83. The fraction of sp³-hybridized carbons (Fsp3) is 0.600. The summed E-state index contributed by atoms with van der Waals surface area (Å²) < 4.78 is 6.56. The molecule has 4 atom stereocenters. The maximum atomic E-state index is 7.05. The van der Waals surface area contributed by atoms with Gasteiger partial charge in [0, 0.05) is 0 Å². The van der Waals surface area contributed by atoms with Gasteiger partial charge in [-0.1, -0.05) is 0 Å². The summed E-state index contributed by atoms with van der Waals surface area (Å²) >= 11 is -2.29. The van der Waals surface area contributed by atoms with Crippen LogP contribution in [-0.2, 0) is 10.2 Å². The molecular weight excluding hydrogens is 371 g/mol. The van der Waals surface area contributed by atoms with Crippen LogP contribution in [0.25, 0.3) is 0 Å². The molecule has 1 heterocycles. The monoisotopic (exact) mass is 398 g/mol. The Bertz CT molecular complexity index is 613. The first kappa shape index (κ1) is 16.2. The molecule has 3 fully saturated rings. The second kappa shape index (κ2) is 5.63. The molecule has 1 aromatic rings. The van der Waals surface area contributed by atoms with Crippen LogP contribution in [0.4, 0.5) is 0 Å². The van der Waals surface area contributed by atoms with E-state index in [1.807, 2.05) is 0 Å². The van der Waals surface area contributed by atoms with E-state index in [0.29, 0.717) is 16.9 Å². The first-order valence-corrected chi connectivity index (χ1v) is 14.2. The van der Waals surface area contributed by atoms with Crippen LogP contribution in [0.2, 0.25) is 10.6 Å². The molecule has 126 valence electrons. The minimum atomic E-state index is -2.29. The fourth-order valence-corrected chi connectivity index (χ4v) is 13.0. The van der Waals surface area contributed by atoms with Gasteiger partial charge in [0.05, 0.1) is 0 Å². The van der Waals surface area contributed by atoms with E-state index < -0.39 is 12.3 Å². The second-order valence-electron chi connectivity index (χ2n) is 8.13. The molecule has 1 nitrogen and oxygen atoms in total. The van der Waals surface area contributed by atoms with E-state index in [4.69, 9.17) is 13.9 Å². The molecule has 23 heavy (non-hydrogen) atoms. The van der Waals surface area contributed by atoms with Gasteiger partial charge in [0.2, 0.25) is 0 Å². The third kappa shape index (κ3) is 2.54. The SMILES string of the molecule is CC1(C)[C@@H]2CC[C@]13C[Se](Cl)(C/C=C/Cc1ccccc1)OC3C2. The Morgan fingerprint density at radius 2 is 2.04 bits per heavy atom. The van der Waals surface area contributed by atoms with Crippen molar-refractivity contribution in [3.05, 3.63) is 48.0 Å². The number of hydrogen-bond acceptors (Lipinski definition) is 1. The zero-order valence-corrected chi connectivity index (χ0v) is 16.6. The van der Waals surface area contributed by atoms with Crippen LogP contribution in [0.3, 0.4) is 0 Å². The van der Waals surface area contributed by atoms with Gasteiger partial charge in [-0.05, 0) is 0 Å². The Morgan fingerprint density at radius 3 is 2.74 bits per heavy atom. The number of halogens is 1. The molecule has 4 rings (SSSR count). The quantitative estimate of drug-likeness (QED) is 0.468. The van der Waals surface area contributed by atoms with Gasteiger partial charge in [-0.3, -0.25) is 0 Å². The van der Waals surface area contributed by atoms with Crippen LogP contribution in [0.1, 0.15) is 38.7 Å². The molecule has 2 saturated carbocycles. The minimum absolute atomic E-state index is 0.396. The van der Waals surface area contributed by atoms with Crippen LogP contribution in [0.5, 0.6) is 0 Å². The van der Waals surface area contributed by atoms with Crippen molar-refractivity contribution in [2.75, 3.05) is 0 Å². The molecule has 0 N–H and O–H groups in total. The zero-order chi connectivity index (χ0) is 16.1. The fourth-order valence-electron chi connectivity index (χ4n) is 5.25. The second-order valence-corrected chi connectivity index (χ2v) is 15.8. The molecule has 0 radical (unpaired) electrons. The predicted molar refractivity (Wildman–Crippen MR) is 98.9 cm³/mol. The topological polar surface area (TPSA) is 9.23 Å². The van der Waals surface area contributed by atoms with Crippen molar-refractivity contribution >= 4 is 22.4 Å². The molecule has 1 aromatic carbocycles. The summed E-state index contributed by atoms with van der Waals surface area (Å²) in [5.41, 5.74) is 2.19. The Morgan fingerprint density at radius 1 is 1.26 bits per heavy atom. The van der Waals surface area contributed by atoms with Crippen LogP contribution in [0.15, 0.2) is 42.5 Å². The average molecular weight is 398 g/mol. The Kier molecular flexibility index (Phi) is 3.97. The number of fused-ring (bicyclic) bond motifs is 1. The summed E-state index contributed by atoms with van der Waals surface area (Å²) in [6.07, 6.45) is 10.00. The molecule has 0 aromatic heterocycles. The van der Waals surface area contributed by atoms with Crippen molar-refractivity contribution in [2.24, 2.45) is 16.7 Å². The predicted octanol–water partition coefficient (Wildman–Crippen LogP) is 5.69. The number of benzene rings is 1. The van der Waals surface area contributed by atoms with Gasteiger partial charge in [-0.2, -0.15) is 0 Å². The van der Waals surface area contributed by atoms with Gasteiger partial charge in [-0.15, -0.1) is 0 Å². The molecule has 2 unspecified atom stereocenters. The number of allylic oxidation sites excluding steroid dienone is 2. The van der Waals surface area contributed by atoms with Gasteiger partial charge < -0.3 is 0 Å². The van der Waals surface area contributed by atoms with Crippen molar-refractivity contribution in [1.82, 2.24) is 0 Å². The van der Waals surface area contributed by atoms with Crippen molar-refractivity contribution in [1.29, 1.82) is 0 Å². The van der Waals surface area contributed by atoms with Crippen molar-refractivity contribution < 1.29 is 3.82 Å². The summed E-state index contributed by atoms with van der Waals surface area (Å²) in [6.45, 7) is 4.94. The van der Waals surface area contributed by atoms with Gasteiger partial charge in [0.15, 0.2) is 0 Å². The molecule has 3 heteroatoms. The van der Waals surface area contributed by atoms with Crippen LogP contribution in [0, 0.1) is 16.7 Å². The van der Waals surface area contributed by atoms with Crippen molar-refractivity contribution in [2.45, 2.75) is 56.3 Å². The summed E-state index contributed by atoms with van der Waals surface area (Å²) in [5.74, 6) is 0.860. The van der Waals surface area contributed by atoms with Crippen LogP contribution >= 0.6 is 10.1 Å². The number of hydrogen-bond donors (Lipinski definition) is 0. The Balaban J connectivity index is 1.41. The van der Waals surface area contributed by atoms with E-state index in [9.17, 15) is 0 Å². The first-order valence-electron chi connectivity index (χ1n) is 8.81. The Hall–Kier alpha value is -0.271. The average Bonchev–Trinajstić information content (AvgIpc) is 3.04. The van der Waals surface area contributed by atoms with E-state index in [2.05, 4.69) is 56.3 Å². The van der Waals surface area contributed by atoms with Crippen molar-refractivity contribution in [3.8, 4) is 0 Å². The molecule has 1 saturated heterocycles. The van der Waals surface area contributed by atoms with Gasteiger partial charge in [-0.25, -0.2) is 0 Å². The van der Waals surface area contributed by atoms with Gasteiger partial charge >= 0.3 is 147 Å². The normalized spacial score (nSPS) is 43.6. The first-order chi connectivity index (χ1) is 11.0. The molecule has 1 spiro atoms. The van der Waals surface area contributed by atoms with Gasteiger partial charge in [0.25, 0.3) is 0 Å². The third-order valence-corrected chi connectivity index (χ3v) is 13.1. The molecule has 1 aliphatic heterocycles. The number of rotatable bonds is 4. The molecule has 2 aliphatic carbocycles.